The van der Waals surface area contributed by atoms with Crippen LogP contribution in [0.4, 0.5) is 0 Å². The molecule has 1 saturated carbocycles. The Hall–Kier alpha value is -0.120. The van der Waals surface area contributed by atoms with Gasteiger partial charge in [0.15, 0.2) is 0 Å². The molecular weight excluding hydrogens is 260 g/mol. The maximum atomic E-state index is 9.74. The van der Waals surface area contributed by atoms with Crippen LogP contribution < -0.4 is 5.32 Å². The highest BCUT2D eigenvalue weighted by molar-refractivity contribution is 4.94. The summed E-state index contributed by atoms with van der Waals surface area (Å²) < 4.78 is 0. The van der Waals surface area contributed by atoms with Crippen molar-refractivity contribution in [2.45, 2.75) is 71.9 Å². The molecule has 21 heavy (non-hydrogen) atoms. The van der Waals surface area contributed by atoms with Gasteiger partial charge in [0.1, 0.15) is 0 Å². The van der Waals surface area contributed by atoms with E-state index in [4.69, 9.17) is 0 Å². The minimum atomic E-state index is -0.129. The quantitative estimate of drug-likeness (QED) is 0.819. The van der Waals surface area contributed by atoms with Crippen LogP contribution >= 0.6 is 0 Å². The molecule has 2 aliphatic rings. The Morgan fingerprint density at radius 1 is 1.24 bits per heavy atom. The summed E-state index contributed by atoms with van der Waals surface area (Å²) in [6, 6.07) is 0.658. The summed E-state index contributed by atoms with van der Waals surface area (Å²) in [7, 11) is 0. The standard InChI is InChI=1S/C18H36N2O/c1-5-19-17-16(7-6-10-18(17,3)4)13-20-11-8-15(9-12-20)14(2)21/h14-17,19,21H,5-13H2,1-4H3. The fourth-order valence-corrected chi connectivity index (χ4v) is 4.59. The van der Waals surface area contributed by atoms with Gasteiger partial charge in [-0.05, 0) is 69.5 Å². The molecule has 1 aliphatic carbocycles. The highest BCUT2D eigenvalue weighted by atomic mass is 16.3. The number of likely N-dealkylation sites (tertiary alicyclic amines) is 1. The van der Waals surface area contributed by atoms with Crippen molar-refractivity contribution in [2.24, 2.45) is 17.3 Å². The van der Waals surface area contributed by atoms with Gasteiger partial charge in [-0.1, -0.05) is 27.2 Å². The highest BCUT2D eigenvalue weighted by Crippen LogP contribution is 2.39. The van der Waals surface area contributed by atoms with E-state index in [1.165, 1.54) is 51.7 Å². The van der Waals surface area contributed by atoms with E-state index in [1.807, 2.05) is 6.92 Å². The van der Waals surface area contributed by atoms with Gasteiger partial charge in [-0.2, -0.15) is 0 Å². The third-order valence-corrected chi connectivity index (χ3v) is 5.94. The molecule has 0 aromatic carbocycles. The van der Waals surface area contributed by atoms with Gasteiger partial charge >= 0.3 is 0 Å². The van der Waals surface area contributed by atoms with Crippen LogP contribution in [0.15, 0.2) is 0 Å². The lowest BCUT2D eigenvalue weighted by Gasteiger charge is -2.47. The van der Waals surface area contributed by atoms with E-state index in [1.54, 1.807) is 0 Å². The molecule has 1 heterocycles. The summed E-state index contributed by atoms with van der Waals surface area (Å²) in [5.41, 5.74) is 0.427. The van der Waals surface area contributed by atoms with Crippen LogP contribution in [0.1, 0.15) is 59.8 Å². The number of hydrogen-bond donors (Lipinski definition) is 2. The van der Waals surface area contributed by atoms with Crippen molar-refractivity contribution in [1.29, 1.82) is 0 Å². The number of aliphatic hydroxyl groups excluding tert-OH is 1. The minimum absolute atomic E-state index is 0.129. The Balaban J connectivity index is 1.89. The van der Waals surface area contributed by atoms with Crippen molar-refractivity contribution in [1.82, 2.24) is 10.2 Å². The van der Waals surface area contributed by atoms with E-state index < -0.39 is 0 Å². The molecule has 0 spiro atoms. The minimum Gasteiger partial charge on any atom is -0.393 e. The molecule has 0 aromatic rings. The van der Waals surface area contributed by atoms with Crippen LogP contribution in [-0.4, -0.2) is 48.3 Å². The van der Waals surface area contributed by atoms with Crippen molar-refractivity contribution in [2.75, 3.05) is 26.2 Å². The number of piperidine rings is 1. The van der Waals surface area contributed by atoms with Gasteiger partial charge in [0.05, 0.1) is 6.10 Å². The van der Waals surface area contributed by atoms with Gasteiger partial charge in [-0.3, -0.25) is 0 Å². The summed E-state index contributed by atoms with van der Waals surface area (Å²) in [6.45, 7) is 13.7. The molecule has 2 rings (SSSR count). The second-order valence-electron chi connectivity index (χ2n) is 8.05. The average molecular weight is 296 g/mol. The summed E-state index contributed by atoms with van der Waals surface area (Å²) in [5.74, 6) is 1.31. The normalized spacial score (nSPS) is 33.0. The van der Waals surface area contributed by atoms with E-state index >= 15 is 0 Å². The zero-order valence-electron chi connectivity index (χ0n) is 14.6. The molecule has 1 aliphatic heterocycles. The molecule has 2 fully saturated rings. The first-order valence-corrected chi connectivity index (χ1v) is 9.08. The molecular formula is C18H36N2O. The fourth-order valence-electron chi connectivity index (χ4n) is 4.59. The second-order valence-corrected chi connectivity index (χ2v) is 8.05. The first kappa shape index (κ1) is 17.2. The van der Waals surface area contributed by atoms with Crippen molar-refractivity contribution in [3.05, 3.63) is 0 Å². The summed E-state index contributed by atoms with van der Waals surface area (Å²) in [5, 5.41) is 13.5. The fraction of sp³-hybridized carbons (Fsp3) is 1.00. The van der Waals surface area contributed by atoms with Crippen LogP contribution in [0.25, 0.3) is 0 Å². The van der Waals surface area contributed by atoms with Gasteiger partial charge < -0.3 is 15.3 Å². The van der Waals surface area contributed by atoms with Gasteiger partial charge in [-0.15, -0.1) is 0 Å². The van der Waals surface area contributed by atoms with Crippen LogP contribution in [0.5, 0.6) is 0 Å². The maximum absolute atomic E-state index is 9.74. The van der Waals surface area contributed by atoms with Crippen LogP contribution in [-0.2, 0) is 0 Å². The van der Waals surface area contributed by atoms with Gasteiger partial charge in [0, 0.05) is 12.6 Å². The molecule has 0 amide bonds. The van der Waals surface area contributed by atoms with Gasteiger partial charge in [0.2, 0.25) is 0 Å². The lowest BCUT2D eigenvalue weighted by atomic mass is 9.67. The van der Waals surface area contributed by atoms with Crippen molar-refractivity contribution in [3.63, 3.8) is 0 Å². The Morgan fingerprint density at radius 3 is 2.48 bits per heavy atom. The number of nitrogens with zero attached hydrogens (tertiary/aromatic N) is 1. The van der Waals surface area contributed by atoms with E-state index in [9.17, 15) is 5.11 Å². The van der Waals surface area contributed by atoms with Gasteiger partial charge in [0.25, 0.3) is 0 Å². The SMILES string of the molecule is CCNC1C(CN2CCC(C(C)O)CC2)CCCC1(C)C. The number of aliphatic hydroxyl groups is 1. The van der Waals surface area contributed by atoms with Crippen LogP contribution in [0, 0.1) is 17.3 Å². The van der Waals surface area contributed by atoms with Crippen molar-refractivity contribution in [3.8, 4) is 0 Å². The van der Waals surface area contributed by atoms with Crippen LogP contribution in [0.2, 0.25) is 0 Å². The third kappa shape index (κ3) is 4.43. The Kier molecular flexibility index (Phi) is 6.10. The predicted octanol–water partition coefficient (Wildman–Crippen LogP) is 2.88. The molecule has 3 nitrogen and oxygen atoms in total. The molecule has 3 unspecified atom stereocenters. The molecule has 2 N–H and O–H groups in total. The number of hydrogen-bond acceptors (Lipinski definition) is 3. The van der Waals surface area contributed by atoms with E-state index in [0.29, 0.717) is 17.4 Å². The summed E-state index contributed by atoms with van der Waals surface area (Å²) in [6.07, 6.45) is 6.31. The number of rotatable bonds is 5. The first-order valence-electron chi connectivity index (χ1n) is 9.08. The molecule has 0 radical (unpaired) electrons. The van der Waals surface area contributed by atoms with E-state index in [2.05, 4.69) is 31.0 Å². The Morgan fingerprint density at radius 2 is 1.90 bits per heavy atom. The first-order chi connectivity index (χ1) is 9.94. The maximum Gasteiger partial charge on any atom is 0.0541 e. The molecule has 3 heteroatoms. The molecule has 124 valence electrons. The van der Waals surface area contributed by atoms with E-state index in [0.717, 1.165) is 12.5 Å². The summed E-state index contributed by atoms with van der Waals surface area (Å²) in [4.78, 5) is 2.65. The third-order valence-electron chi connectivity index (χ3n) is 5.94. The zero-order valence-corrected chi connectivity index (χ0v) is 14.6. The molecule has 0 bridgehead atoms. The monoisotopic (exact) mass is 296 g/mol. The van der Waals surface area contributed by atoms with Crippen molar-refractivity contribution < 1.29 is 5.11 Å². The van der Waals surface area contributed by atoms with Gasteiger partial charge in [-0.25, -0.2) is 0 Å². The largest absolute Gasteiger partial charge is 0.393 e. The van der Waals surface area contributed by atoms with E-state index in [-0.39, 0.29) is 6.10 Å². The Labute approximate surface area is 131 Å². The molecule has 3 atom stereocenters. The van der Waals surface area contributed by atoms with Crippen molar-refractivity contribution >= 4 is 0 Å². The molecule has 0 aromatic heterocycles. The predicted molar refractivity (Wildman–Crippen MR) is 89.4 cm³/mol. The highest BCUT2D eigenvalue weighted by Gasteiger charge is 2.39. The Bertz CT molecular complexity index is 308. The summed E-state index contributed by atoms with van der Waals surface area (Å²) >= 11 is 0. The average Bonchev–Trinajstić information content (AvgIpc) is 2.43. The smallest absolute Gasteiger partial charge is 0.0541 e. The van der Waals surface area contributed by atoms with Crippen LogP contribution in [0.3, 0.4) is 0 Å². The lowest BCUT2D eigenvalue weighted by molar-refractivity contribution is 0.0426. The zero-order chi connectivity index (χ0) is 15.5. The molecule has 1 saturated heterocycles. The second kappa shape index (κ2) is 7.43. The topological polar surface area (TPSA) is 35.5 Å². The number of nitrogens with one attached hydrogen (secondary N) is 1. The lowest BCUT2D eigenvalue weighted by Crippen LogP contribution is -2.53.